The summed E-state index contributed by atoms with van der Waals surface area (Å²) < 4.78 is 0. The van der Waals surface area contributed by atoms with E-state index in [-0.39, 0.29) is 17.7 Å². The first-order valence-corrected chi connectivity index (χ1v) is 8.03. The molecule has 0 aromatic heterocycles. The molecule has 2 aliphatic carbocycles. The van der Waals surface area contributed by atoms with Crippen molar-refractivity contribution in [3.05, 3.63) is 0 Å². The molecule has 21 heavy (non-hydrogen) atoms. The highest BCUT2D eigenvalue weighted by molar-refractivity contribution is 6.07. The first-order valence-electron chi connectivity index (χ1n) is 8.03. The maximum absolute atomic E-state index is 12.6. The molecular weight excluding hydrogens is 270 g/mol. The summed E-state index contributed by atoms with van der Waals surface area (Å²) in [6.07, 6.45) is 5.99. The molecule has 2 unspecified atom stereocenters. The lowest BCUT2D eigenvalue weighted by Gasteiger charge is -2.37. The zero-order valence-corrected chi connectivity index (χ0v) is 12.1. The van der Waals surface area contributed by atoms with Gasteiger partial charge in [-0.25, -0.2) is 4.79 Å². The predicted molar refractivity (Wildman–Crippen MR) is 74.2 cm³/mol. The van der Waals surface area contributed by atoms with Gasteiger partial charge in [0.15, 0.2) is 0 Å². The summed E-state index contributed by atoms with van der Waals surface area (Å²) in [5.41, 5.74) is -0.774. The van der Waals surface area contributed by atoms with Crippen molar-refractivity contribution in [2.24, 2.45) is 17.8 Å². The van der Waals surface area contributed by atoms with Crippen molar-refractivity contribution in [3.8, 4) is 0 Å². The Balaban J connectivity index is 1.38. The van der Waals surface area contributed by atoms with Gasteiger partial charge in [0, 0.05) is 19.0 Å². The predicted octanol–water partition coefficient (Wildman–Crippen LogP) is 0.623. The maximum Gasteiger partial charge on any atom is 0.322 e. The van der Waals surface area contributed by atoms with Crippen LogP contribution in [0.25, 0.3) is 0 Å². The third kappa shape index (κ3) is 1.95. The molecule has 6 heteroatoms. The molecule has 0 bridgehead atoms. The van der Waals surface area contributed by atoms with Gasteiger partial charge in [-0.15, -0.1) is 0 Å². The van der Waals surface area contributed by atoms with E-state index in [0.717, 1.165) is 0 Å². The number of hydrogen-bond donors (Lipinski definition) is 2. The minimum atomic E-state index is -0.774. The van der Waals surface area contributed by atoms with E-state index >= 15 is 0 Å². The van der Waals surface area contributed by atoms with Crippen LogP contribution < -0.4 is 10.6 Å². The van der Waals surface area contributed by atoms with Crippen molar-refractivity contribution in [2.45, 2.75) is 44.1 Å². The number of nitrogens with zero attached hydrogens (tertiary/aromatic N) is 1. The minimum absolute atomic E-state index is 0.236. The Morgan fingerprint density at radius 1 is 1.10 bits per heavy atom. The van der Waals surface area contributed by atoms with Crippen LogP contribution in [0.3, 0.4) is 0 Å². The highest BCUT2D eigenvalue weighted by Crippen LogP contribution is 2.56. The number of amides is 4. The molecule has 1 spiro atoms. The van der Waals surface area contributed by atoms with Crippen molar-refractivity contribution < 1.29 is 14.4 Å². The third-order valence-electron chi connectivity index (χ3n) is 5.88. The van der Waals surface area contributed by atoms with Crippen molar-refractivity contribution in [1.29, 1.82) is 0 Å². The van der Waals surface area contributed by atoms with E-state index in [1.54, 1.807) is 0 Å². The number of carbonyl (C=O) groups is 3. The van der Waals surface area contributed by atoms with Gasteiger partial charge in [-0.3, -0.25) is 14.9 Å². The lowest BCUT2D eigenvalue weighted by atomic mass is 9.87. The Labute approximate surface area is 123 Å². The molecule has 2 heterocycles. The molecular formula is C15H21N3O3. The maximum atomic E-state index is 12.6. The second-order valence-electron chi connectivity index (χ2n) is 6.95. The summed E-state index contributed by atoms with van der Waals surface area (Å²) in [7, 11) is 0. The molecule has 114 valence electrons. The molecule has 2 atom stereocenters. The number of imide groups is 1. The van der Waals surface area contributed by atoms with Gasteiger partial charge in [0.25, 0.3) is 5.91 Å². The summed E-state index contributed by atoms with van der Waals surface area (Å²) >= 11 is 0. The van der Waals surface area contributed by atoms with Gasteiger partial charge in [0.05, 0.1) is 0 Å². The number of nitrogens with one attached hydrogen (secondary N) is 2. The van der Waals surface area contributed by atoms with E-state index < -0.39 is 11.6 Å². The van der Waals surface area contributed by atoms with Crippen LogP contribution >= 0.6 is 0 Å². The van der Waals surface area contributed by atoms with E-state index in [4.69, 9.17) is 0 Å². The fraction of sp³-hybridized carbons (Fsp3) is 0.800. The number of piperidine rings is 1. The monoisotopic (exact) mass is 291 g/mol. The zero-order chi connectivity index (χ0) is 14.6. The summed E-state index contributed by atoms with van der Waals surface area (Å²) in [5, 5.41) is 5.04. The van der Waals surface area contributed by atoms with Crippen LogP contribution in [0, 0.1) is 17.8 Å². The molecule has 0 aromatic carbocycles. The molecule has 0 aromatic rings. The molecule has 2 N–H and O–H groups in total. The van der Waals surface area contributed by atoms with Crippen LogP contribution in [0.4, 0.5) is 4.79 Å². The van der Waals surface area contributed by atoms with Gasteiger partial charge >= 0.3 is 6.03 Å². The Bertz CT molecular complexity index is 498. The molecule has 6 nitrogen and oxygen atoms in total. The average Bonchev–Trinajstić information content (AvgIpc) is 3.14. The van der Waals surface area contributed by atoms with E-state index in [1.807, 2.05) is 4.90 Å². The van der Waals surface area contributed by atoms with Crippen molar-refractivity contribution in [3.63, 3.8) is 0 Å². The molecule has 2 saturated carbocycles. The molecule has 2 aliphatic heterocycles. The van der Waals surface area contributed by atoms with Gasteiger partial charge in [0.1, 0.15) is 5.54 Å². The van der Waals surface area contributed by atoms with E-state index in [0.29, 0.717) is 37.8 Å². The fourth-order valence-electron chi connectivity index (χ4n) is 4.56. The molecule has 4 amide bonds. The number of urea groups is 1. The number of likely N-dealkylation sites (tertiary alicyclic amines) is 1. The highest BCUT2D eigenvalue weighted by atomic mass is 16.2. The highest BCUT2D eigenvalue weighted by Gasteiger charge is 2.57. The first kappa shape index (κ1) is 13.1. The molecule has 4 rings (SSSR count). The lowest BCUT2D eigenvalue weighted by molar-refractivity contribution is -0.137. The van der Waals surface area contributed by atoms with Crippen molar-refractivity contribution in [1.82, 2.24) is 15.5 Å². The normalized spacial score (nSPS) is 37.0. The topological polar surface area (TPSA) is 78.5 Å². The number of rotatable bonds is 1. The number of fused-ring (bicyclic) bond motifs is 1. The summed E-state index contributed by atoms with van der Waals surface area (Å²) in [5.74, 6) is 1.54. The van der Waals surface area contributed by atoms with Crippen LogP contribution in [0.2, 0.25) is 0 Å². The van der Waals surface area contributed by atoms with Crippen LogP contribution in [-0.2, 0) is 9.59 Å². The lowest BCUT2D eigenvalue weighted by Crippen LogP contribution is -2.56. The third-order valence-corrected chi connectivity index (χ3v) is 5.88. The second-order valence-corrected chi connectivity index (χ2v) is 6.95. The molecule has 4 aliphatic rings. The number of hydrogen-bond acceptors (Lipinski definition) is 3. The van der Waals surface area contributed by atoms with E-state index in [1.165, 1.54) is 25.7 Å². The minimum Gasteiger partial charge on any atom is -0.342 e. The summed E-state index contributed by atoms with van der Waals surface area (Å²) in [6, 6.07) is -0.409. The van der Waals surface area contributed by atoms with Crippen LogP contribution in [0.5, 0.6) is 0 Å². The van der Waals surface area contributed by atoms with Gasteiger partial charge in [0.2, 0.25) is 5.91 Å². The Hall–Kier alpha value is -1.59. The largest absolute Gasteiger partial charge is 0.342 e. The Kier molecular flexibility index (Phi) is 2.78. The summed E-state index contributed by atoms with van der Waals surface area (Å²) in [6.45, 7) is 1.14. The standard InChI is InChI=1S/C15H21N3O3/c19-12(11-9-3-1-2-4-10(9)11)18-7-5-15(6-8-18)13(20)16-14(21)17-15/h9-11H,1-8H2,(H2,16,17,20,21). The Morgan fingerprint density at radius 3 is 2.24 bits per heavy atom. The van der Waals surface area contributed by atoms with Crippen molar-refractivity contribution in [2.75, 3.05) is 13.1 Å². The van der Waals surface area contributed by atoms with Gasteiger partial charge in [-0.05, 0) is 37.5 Å². The molecule has 4 fully saturated rings. The van der Waals surface area contributed by atoms with Crippen molar-refractivity contribution >= 4 is 17.8 Å². The Morgan fingerprint density at radius 2 is 1.71 bits per heavy atom. The summed E-state index contributed by atoms with van der Waals surface area (Å²) in [4.78, 5) is 37.7. The zero-order valence-electron chi connectivity index (χ0n) is 12.1. The second kappa shape index (κ2) is 4.45. The quantitative estimate of drug-likeness (QED) is 0.695. The van der Waals surface area contributed by atoms with Crippen LogP contribution in [0.15, 0.2) is 0 Å². The van der Waals surface area contributed by atoms with E-state index in [2.05, 4.69) is 10.6 Å². The van der Waals surface area contributed by atoms with E-state index in [9.17, 15) is 14.4 Å². The van der Waals surface area contributed by atoms with Gasteiger partial charge in [-0.1, -0.05) is 12.8 Å². The smallest absolute Gasteiger partial charge is 0.322 e. The SMILES string of the molecule is O=C1NC(=O)C2(CCN(C(=O)C3C4CCCCC43)CC2)N1. The fourth-order valence-corrected chi connectivity index (χ4v) is 4.56. The average molecular weight is 291 g/mol. The van der Waals surface area contributed by atoms with Gasteiger partial charge < -0.3 is 10.2 Å². The first-order chi connectivity index (χ1) is 10.1. The van der Waals surface area contributed by atoms with Crippen LogP contribution in [0.1, 0.15) is 38.5 Å². The molecule has 0 radical (unpaired) electrons. The van der Waals surface area contributed by atoms with Crippen LogP contribution in [-0.4, -0.2) is 41.4 Å². The van der Waals surface area contributed by atoms with Gasteiger partial charge in [-0.2, -0.15) is 0 Å². The molecule has 2 saturated heterocycles. The number of carbonyl (C=O) groups excluding carboxylic acids is 3.